The Morgan fingerprint density at radius 3 is 2.70 bits per heavy atom. The highest BCUT2D eigenvalue weighted by atomic mass is 35.5. The van der Waals surface area contributed by atoms with Crippen molar-refractivity contribution in [3.63, 3.8) is 0 Å². The molecule has 5 rings (SSSR count). The van der Waals surface area contributed by atoms with E-state index in [1.54, 1.807) is 12.1 Å². The van der Waals surface area contributed by atoms with Crippen molar-refractivity contribution in [1.29, 1.82) is 0 Å². The second-order valence-electron chi connectivity index (χ2n) is 9.56. The van der Waals surface area contributed by atoms with Crippen LogP contribution in [0.3, 0.4) is 0 Å². The van der Waals surface area contributed by atoms with Gasteiger partial charge in [0.15, 0.2) is 11.5 Å². The molecule has 160 valence electrons. The van der Waals surface area contributed by atoms with E-state index in [-0.39, 0.29) is 22.8 Å². The molecule has 4 aliphatic carbocycles. The largest absolute Gasteiger partial charge is 0.504 e. The van der Waals surface area contributed by atoms with Gasteiger partial charge in [0.1, 0.15) is 0 Å². The number of phenolic OH excluding ortho intramolecular Hbond substituents is 2. The van der Waals surface area contributed by atoms with Crippen LogP contribution >= 0.6 is 11.6 Å². The van der Waals surface area contributed by atoms with E-state index in [0.717, 1.165) is 37.7 Å². The molecule has 4 saturated carbocycles. The van der Waals surface area contributed by atoms with Gasteiger partial charge in [-0.3, -0.25) is 4.79 Å². The number of hydrogen-bond donors (Lipinski definition) is 3. The molecule has 3 bridgehead atoms. The van der Waals surface area contributed by atoms with Crippen molar-refractivity contribution in [1.82, 2.24) is 5.32 Å². The van der Waals surface area contributed by atoms with Crippen LogP contribution in [0.4, 0.5) is 0 Å². The summed E-state index contributed by atoms with van der Waals surface area (Å²) in [7, 11) is 0. The van der Waals surface area contributed by atoms with Gasteiger partial charge in [-0.05, 0) is 85.5 Å². The van der Waals surface area contributed by atoms with Gasteiger partial charge in [0.25, 0.3) is 0 Å². The van der Waals surface area contributed by atoms with E-state index in [4.69, 9.17) is 11.6 Å². The zero-order chi connectivity index (χ0) is 21.4. The average Bonchev–Trinajstić information content (AvgIpc) is 2.69. The Labute approximate surface area is 183 Å². The van der Waals surface area contributed by atoms with Crippen LogP contribution in [0.15, 0.2) is 54.1 Å². The number of hydrogen-bond acceptors (Lipinski definition) is 3. The summed E-state index contributed by atoms with van der Waals surface area (Å²) in [6, 6.07) is 4.80. The molecule has 2 unspecified atom stereocenters. The Morgan fingerprint density at radius 2 is 2.03 bits per heavy atom. The quantitative estimate of drug-likeness (QED) is 0.413. The van der Waals surface area contributed by atoms with E-state index in [9.17, 15) is 15.0 Å². The molecule has 0 radical (unpaired) electrons. The molecule has 1 aromatic rings. The fourth-order valence-electron chi connectivity index (χ4n) is 6.57. The minimum atomic E-state index is -0.195. The zero-order valence-corrected chi connectivity index (χ0v) is 18.0. The number of halogens is 1. The first-order valence-corrected chi connectivity index (χ1v) is 11.2. The molecular formula is C25H30ClNO3. The van der Waals surface area contributed by atoms with Crippen LogP contribution in [0, 0.1) is 22.7 Å². The molecule has 1 spiro atoms. The molecule has 4 fully saturated rings. The topological polar surface area (TPSA) is 69.6 Å². The Balaban J connectivity index is 1.35. The number of nitrogens with one attached hydrogen (secondary N) is 1. The first-order valence-electron chi connectivity index (χ1n) is 10.8. The van der Waals surface area contributed by atoms with E-state index >= 15 is 0 Å². The Hall–Kier alpha value is -2.20. The van der Waals surface area contributed by atoms with Crippen LogP contribution in [0.5, 0.6) is 11.5 Å². The van der Waals surface area contributed by atoms with E-state index in [1.165, 1.54) is 23.6 Å². The maximum absolute atomic E-state index is 13.1. The fourth-order valence-corrected chi connectivity index (χ4v) is 6.64. The van der Waals surface area contributed by atoms with Crippen molar-refractivity contribution in [2.45, 2.75) is 44.9 Å². The summed E-state index contributed by atoms with van der Waals surface area (Å²) in [6.07, 6.45) is 13.0. The summed E-state index contributed by atoms with van der Waals surface area (Å²) < 4.78 is 0. The maximum Gasteiger partial charge on any atom is 0.226 e. The maximum atomic E-state index is 13.1. The summed E-state index contributed by atoms with van der Waals surface area (Å²) in [5.41, 5.74) is 3.80. The lowest BCUT2D eigenvalue weighted by Crippen LogP contribution is -2.62. The number of allylic oxidation sites excluding steroid dienone is 4. The van der Waals surface area contributed by atoms with Gasteiger partial charge >= 0.3 is 0 Å². The summed E-state index contributed by atoms with van der Waals surface area (Å²) >= 11 is 5.69. The molecule has 3 N–H and O–H groups in total. The Bertz CT molecular complexity index is 892. The Morgan fingerprint density at radius 1 is 1.23 bits per heavy atom. The van der Waals surface area contributed by atoms with Crippen molar-refractivity contribution in [2.24, 2.45) is 22.7 Å². The van der Waals surface area contributed by atoms with Crippen LogP contribution in [0.25, 0.3) is 0 Å². The zero-order valence-electron chi connectivity index (χ0n) is 17.2. The summed E-state index contributed by atoms with van der Waals surface area (Å²) in [6.45, 7) is 4.53. The van der Waals surface area contributed by atoms with Crippen molar-refractivity contribution >= 4 is 17.5 Å². The van der Waals surface area contributed by atoms with Gasteiger partial charge in [0.2, 0.25) is 5.91 Å². The van der Waals surface area contributed by atoms with Gasteiger partial charge in [0.05, 0.1) is 5.41 Å². The molecule has 0 aliphatic heterocycles. The van der Waals surface area contributed by atoms with Gasteiger partial charge in [-0.2, -0.15) is 0 Å². The number of rotatable bonds is 7. The average molecular weight is 428 g/mol. The highest BCUT2D eigenvalue weighted by Gasteiger charge is 2.65. The molecule has 4 nitrogen and oxygen atoms in total. The molecule has 4 aliphatic rings. The molecule has 1 amide bonds. The van der Waals surface area contributed by atoms with Crippen LogP contribution in [0.2, 0.25) is 0 Å². The third-order valence-electron chi connectivity index (χ3n) is 7.41. The van der Waals surface area contributed by atoms with E-state index in [0.29, 0.717) is 30.2 Å². The molecule has 0 saturated heterocycles. The first-order chi connectivity index (χ1) is 14.4. The van der Waals surface area contributed by atoms with E-state index < -0.39 is 0 Å². The van der Waals surface area contributed by atoms with Crippen molar-refractivity contribution in [2.75, 3.05) is 6.54 Å². The molecule has 0 heterocycles. The molecule has 30 heavy (non-hydrogen) atoms. The molecule has 1 aromatic carbocycles. The van der Waals surface area contributed by atoms with Gasteiger partial charge < -0.3 is 15.5 Å². The number of aromatic hydroxyl groups is 2. The predicted octanol–water partition coefficient (Wildman–Crippen LogP) is 5.21. The fraction of sp³-hybridized carbons (Fsp3) is 0.480. The molecular weight excluding hydrogens is 398 g/mol. The number of amides is 1. The summed E-state index contributed by atoms with van der Waals surface area (Å²) in [4.78, 5) is 13.1. The van der Waals surface area contributed by atoms with Crippen LogP contribution in [-0.2, 0) is 11.2 Å². The second-order valence-corrected chi connectivity index (χ2v) is 9.82. The third kappa shape index (κ3) is 3.90. The standard InChI is InChI=1S/C25H30ClNO3/c1-2-19(4-3-8-26)20-10-18-12-24(14-20)15-25(13-18,16-24)23(30)27-9-7-17-5-6-21(28)22(29)11-17/h2-6,8,11,18,20,28-29H,1,7,9-10,12-16H2,(H,27,30)/b8-3+,19-4+. The number of carbonyl (C=O) groups is 1. The lowest BCUT2D eigenvalue weighted by molar-refractivity contribution is -0.178. The lowest BCUT2D eigenvalue weighted by atomic mass is 9.38. The van der Waals surface area contributed by atoms with Gasteiger partial charge in [-0.1, -0.05) is 42.5 Å². The first kappa shape index (κ1) is 21.0. The SMILES string of the molecule is C=C/C(=C\C=C\Cl)C1CC2CC3(C1)CC(C(=O)NCCc1ccc(O)c(O)c1)(C2)C3. The smallest absolute Gasteiger partial charge is 0.226 e. The summed E-state index contributed by atoms with van der Waals surface area (Å²) in [5.74, 6) is 1.05. The normalized spacial score (nSPS) is 32.5. The molecule has 5 heteroatoms. The van der Waals surface area contributed by atoms with Crippen molar-refractivity contribution < 1.29 is 15.0 Å². The highest BCUT2D eigenvalue weighted by Crippen LogP contribution is 2.71. The lowest BCUT2D eigenvalue weighted by Gasteiger charge is -2.65. The second kappa shape index (κ2) is 8.14. The monoisotopic (exact) mass is 427 g/mol. The third-order valence-corrected chi connectivity index (χ3v) is 7.56. The number of carbonyl (C=O) groups excluding carboxylic acids is 1. The van der Waals surface area contributed by atoms with Crippen molar-refractivity contribution in [3.8, 4) is 11.5 Å². The molecule has 0 aromatic heterocycles. The van der Waals surface area contributed by atoms with Crippen molar-refractivity contribution in [3.05, 3.63) is 59.7 Å². The van der Waals surface area contributed by atoms with Gasteiger partial charge in [-0.25, -0.2) is 0 Å². The molecule has 2 atom stereocenters. The Kier molecular flexibility index (Phi) is 5.71. The van der Waals surface area contributed by atoms with E-state index in [2.05, 4.69) is 18.0 Å². The minimum absolute atomic E-state index is 0.123. The predicted molar refractivity (Wildman–Crippen MR) is 119 cm³/mol. The number of phenols is 2. The van der Waals surface area contributed by atoms with Crippen LogP contribution in [0.1, 0.15) is 44.1 Å². The summed E-state index contributed by atoms with van der Waals surface area (Å²) in [5, 5.41) is 22.2. The van der Waals surface area contributed by atoms with Gasteiger partial charge in [0, 0.05) is 12.1 Å². The number of benzene rings is 1. The van der Waals surface area contributed by atoms with Crippen LogP contribution in [-0.4, -0.2) is 22.7 Å². The van der Waals surface area contributed by atoms with E-state index in [1.807, 2.05) is 12.2 Å². The van der Waals surface area contributed by atoms with Crippen LogP contribution < -0.4 is 5.32 Å². The minimum Gasteiger partial charge on any atom is -0.504 e. The van der Waals surface area contributed by atoms with Gasteiger partial charge in [-0.15, -0.1) is 0 Å². The highest BCUT2D eigenvalue weighted by molar-refractivity contribution is 6.25.